The van der Waals surface area contributed by atoms with E-state index in [0.29, 0.717) is 13.0 Å². The van der Waals surface area contributed by atoms with Gasteiger partial charge in [-0.15, -0.1) is 0 Å². The van der Waals surface area contributed by atoms with E-state index in [0.717, 1.165) is 46.6 Å². The molecule has 6 nitrogen and oxygen atoms in total. The predicted molar refractivity (Wildman–Crippen MR) is 121 cm³/mol. The number of hydrogen-bond donors (Lipinski definition) is 2. The lowest BCUT2D eigenvalue weighted by molar-refractivity contribution is -0.136. The van der Waals surface area contributed by atoms with E-state index >= 15 is 0 Å². The number of rotatable bonds is 9. The van der Waals surface area contributed by atoms with Crippen molar-refractivity contribution in [3.05, 3.63) is 82.2 Å². The molecule has 0 bridgehead atoms. The van der Waals surface area contributed by atoms with Crippen LogP contribution in [0.2, 0.25) is 0 Å². The van der Waals surface area contributed by atoms with Crippen LogP contribution in [-0.4, -0.2) is 26.8 Å². The Kier molecular flexibility index (Phi) is 7.23. The Balaban J connectivity index is 1.58. The van der Waals surface area contributed by atoms with Gasteiger partial charge in [0, 0.05) is 23.4 Å². The van der Waals surface area contributed by atoms with Crippen LogP contribution in [0.3, 0.4) is 0 Å². The van der Waals surface area contributed by atoms with Crippen molar-refractivity contribution in [1.82, 2.24) is 9.78 Å². The Labute approximate surface area is 182 Å². The number of hydrogen-bond acceptors (Lipinski definition) is 3. The number of amides is 1. The average molecular weight is 420 g/mol. The zero-order valence-electron chi connectivity index (χ0n) is 18.3. The van der Waals surface area contributed by atoms with Gasteiger partial charge in [-0.25, -0.2) is 0 Å². The Hall–Kier alpha value is -3.41. The van der Waals surface area contributed by atoms with Crippen LogP contribution in [0.1, 0.15) is 46.5 Å². The highest BCUT2D eigenvalue weighted by Crippen LogP contribution is 2.20. The first-order chi connectivity index (χ1) is 14.8. The van der Waals surface area contributed by atoms with Crippen LogP contribution in [0.5, 0.6) is 0 Å². The maximum absolute atomic E-state index is 12.3. The van der Waals surface area contributed by atoms with E-state index in [1.165, 1.54) is 5.56 Å². The molecule has 0 spiro atoms. The van der Waals surface area contributed by atoms with E-state index in [2.05, 4.69) is 22.5 Å². The largest absolute Gasteiger partial charge is 0.481 e. The number of anilines is 1. The minimum absolute atomic E-state index is 0.0138. The fourth-order valence-corrected chi connectivity index (χ4v) is 3.73. The van der Waals surface area contributed by atoms with E-state index in [-0.39, 0.29) is 12.3 Å². The van der Waals surface area contributed by atoms with Crippen LogP contribution in [0.4, 0.5) is 5.69 Å². The van der Waals surface area contributed by atoms with Gasteiger partial charge in [0.1, 0.15) is 0 Å². The second-order valence-electron chi connectivity index (χ2n) is 7.91. The van der Waals surface area contributed by atoms with Gasteiger partial charge in [0.25, 0.3) is 0 Å². The van der Waals surface area contributed by atoms with Gasteiger partial charge in [-0.05, 0) is 62.4 Å². The van der Waals surface area contributed by atoms with Crippen LogP contribution in [-0.2, 0) is 29.0 Å². The van der Waals surface area contributed by atoms with E-state index in [1.54, 1.807) is 0 Å². The summed E-state index contributed by atoms with van der Waals surface area (Å²) in [4.78, 5) is 23.4. The van der Waals surface area contributed by atoms with Gasteiger partial charge in [-0.3, -0.25) is 14.3 Å². The number of carboxylic acid groups (broad SMARTS) is 1. The second-order valence-corrected chi connectivity index (χ2v) is 7.91. The molecule has 1 heterocycles. The molecule has 0 radical (unpaired) electrons. The van der Waals surface area contributed by atoms with E-state index in [1.807, 2.05) is 61.9 Å². The van der Waals surface area contributed by atoms with Gasteiger partial charge in [0.2, 0.25) is 5.91 Å². The number of nitrogens with zero attached hydrogens (tertiary/aromatic N) is 2. The lowest BCUT2D eigenvalue weighted by Crippen LogP contribution is -2.12. The minimum atomic E-state index is -0.856. The zero-order valence-corrected chi connectivity index (χ0v) is 18.3. The number of benzene rings is 2. The molecular formula is C25H29N3O3. The van der Waals surface area contributed by atoms with Crippen molar-refractivity contribution in [3.8, 4) is 0 Å². The molecule has 1 amide bonds. The first kappa shape index (κ1) is 22.3. The maximum atomic E-state index is 12.3. The fourth-order valence-electron chi connectivity index (χ4n) is 3.73. The molecule has 1 aromatic heterocycles. The Morgan fingerprint density at radius 2 is 1.81 bits per heavy atom. The van der Waals surface area contributed by atoms with Crippen molar-refractivity contribution in [2.75, 3.05) is 5.32 Å². The summed E-state index contributed by atoms with van der Waals surface area (Å²) in [5.74, 6) is -0.842. The molecule has 2 N–H and O–H groups in total. The molecule has 0 saturated heterocycles. The summed E-state index contributed by atoms with van der Waals surface area (Å²) in [6.45, 7) is 6.30. The molecule has 3 aromatic rings. The number of nitrogens with one attached hydrogen (secondary N) is 1. The molecule has 0 aliphatic heterocycles. The molecule has 3 rings (SSSR count). The monoisotopic (exact) mass is 419 g/mol. The maximum Gasteiger partial charge on any atom is 0.307 e. The van der Waals surface area contributed by atoms with Crippen molar-refractivity contribution >= 4 is 17.6 Å². The molecule has 162 valence electrons. The molecule has 0 unspecified atom stereocenters. The summed E-state index contributed by atoms with van der Waals surface area (Å²) in [6, 6.07) is 16.0. The fraction of sp³-hybridized carbons (Fsp3) is 0.320. The van der Waals surface area contributed by atoms with Crippen LogP contribution in [0, 0.1) is 20.8 Å². The van der Waals surface area contributed by atoms with Gasteiger partial charge in [-0.2, -0.15) is 5.10 Å². The number of aryl methyl sites for hydroxylation is 3. The van der Waals surface area contributed by atoms with Crippen molar-refractivity contribution < 1.29 is 14.7 Å². The molecule has 0 aliphatic rings. The minimum Gasteiger partial charge on any atom is -0.481 e. The lowest BCUT2D eigenvalue weighted by atomic mass is 10.1. The quantitative estimate of drug-likeness (QED) is 0.537. The van der Waals surface area contributed by atoms with Crippen molar-refractivity contribution in [2.24, 2.45) is 0 Å². The summed E-state index contributed by atoms with van der Waals surface area (Å²) >= 11 is 0. The third-order valence-corrected chi connectivity index (χ3v) is 5.52. The van der Waals surface area contributed by atoms with Crippen LogP contribution in [0.25, 0.3) is 0 Å². The molecule has 31 heavy (non-hydrogen) atoms. The third-order valence-electron chi connectivity index (χ3n) is 5.52. The van der Waals surface area contributed by atoms with Crippen molar-refractivity contribution in [1.29, 1.82) is 0 Å². The highest BCUT2D eigenvalue weighted by Gasteiger charge is 2.15. The van der Waals surface area contributed by atoms with E-state index < -0.39 is 5.97 Å². The van der Waals surface area contributed by atoms with E-state index in [4.69, 9.17) is 5.11 Å². The van der Waals surface area contributed by atoms with Gasteiger partial charge in [0.15, 0.2) is 0 Å². The molecule has 6 heteroatoms. The number of aliphatic carboxylic acids is 1. The Morgan fingerprint density at radius 1 is 1.06 bits per heavy atom. The van der Waals surface area contributed by atoms with Gasteiger partial charge < -0.3 is 10.4 Å². The average Bonchev–Trinajstić information content (AvgIpc) is 2.98. The first-order valence-electron chi connectivity index (χ1n) is 10.5. The van der Waals surface area contributed by atoms with E-state index in [9.17, 15) is 9.59 Å². The summed E-state index contributed by atoms with van der Waals surface area (Å²) in [6.07, 6.45) is 2.15. The second kappa shape index (κ2) is 10.1. The molecule has 0 atom stereocenters. The van der Waals surface area contributed by atoms with Gasteiger partial charge in [-0.1, -0.05) is 36.4 Å². The standard InChI is InChI=1S/C25H29N3O3/c1-17-14-22(26-24(29)11-7-10-20-8-5-4-6-9-20)13-12-21(17)16-28-19(3)23(15-25(30)31)18(2)27-28/h4-6,8-9,12-14H,7,10-11,15-16H2,1-3H3,(H,26,29)(H,30,31). The van der Waals surface area contributed by atoms with Crippen LogP contribution >= 0.6 is 0 Å². The van der Waals surface area contributed by atoms with Crippen molar-refractivity contribution in [3.63, 3.8) is 0 Å². The van der Waals surface area contributed by atoms with Gasteiger partial charge in [0.05, 0.1) is 18.7 Å². The SMILES string of the molecule is Cc1cc(NC(=O)CCCc2ccccc2)ccc1Cn1nc(C)c(CC(=O)O)c1C. The Morgan fingerprint density at radius 3 is 2.48 bits per heavy atom. The lowest BCUT2D eigenvalue weighted by Gasteiger charge is -2.11. The highest BCUT2D eigenvalue weighted by atomic mass is 16.4. The normalized spacial score (nSPS) is 10.8. The summed E-state index contributed by atoms with van der Waals surface area (Å²) in [5, 5.41) is 16.6. The summed E-state index contributed by atoms with van der Waals surface area (Å²) in [7, 11) is 0. The summed E-state index contributed by atoms with van der Waals surface area (Å²) in [5.41, 5.74) is 6.54. The van der Waals surface area contributed by atoms with Crippen molar-refractivity contribution in [2.45, 2.75) is 53.0 Å². The van der Waals surface area contributed by atoms with Crippen LogP contribution < -0.4 is 5.32 Å². The number of carbonyl (C=O) groups is 2. The molecule has 2 aromatic carbocycles. The smallest absolute Gasteiger partial charge is 0.307 e. The summed E-state index contributed by atoms with van der Waals surface area (Å²) < 4.78 is 1.85. The first-order valence-corrected chi connectivity index (χ1v) is 10.5. The topological polar surface area (TPSA) is 84.2 Å². The Bertz CT molecular complexity index is 1070. The molecule has 0 saturated carbocycles. The molecule has 0 aliphatic carbocycles. The van der Waals surface area contributed by atoms with Gasteiger partial charge >= 0.3 is 5.97 Å². The number of aromatic nitrogens is 2. The zero-order chi connectivity index (χ0) is 22.4. The third kappa shape index (κ3) is 6.04. The predicted octanol–water partition coefficient (Wildman–Crippen LogP) is 4.45. The number of carbonyl (C=O) groups excluding carboxylic acids is 1. The molecule has 0 fully saturated rings. The number of carboxylic acids is 1. The molecular weight excluding hydrogens is 390 g/mol. The highest BCUT2D eigenvalue weighted by molar-refractivity contribution is 5.90. The van der Waals surface area contributed by atoms with Crippen LogP contribution in [0.15, 0.2) is 48.5 Å².